The van der Waals surface area contributed by atoms with E-state index in [0.29, 0.717) is 22.1 Å². The van der Waals surface area contributed by atoms with Crippen LogP contribution in [0, 0.1) is 0 Å². The van der Waals surface area contributed by atoms with Gasteiger partial charge in [-0.1, -0.05) is 23.7 Å². The van der Waals surface area contributed by atoms with Gasteiger partial charge in [-0.15, -0.1) is 0 Å². The zero-order valence-corrected chi connectivity index (χ0v) is 14.4. The van der Waals surface area contributed by atoms with Crippen LogP contribution in [0.1, 0.15) is 10.5 Å². The Morgan fingerprint density at radius 2 is 1.88 bits per heavy atom. The number of anilines is 1. The maximum Gasteiger partial charge on any atom is 0.279 e. The van der Waals surface area contributed by atoms with Gasteiger partial charge in [-0.25, -0.2) is 0 Å². The van der Waals surface area contributed by atoms with Crippen molar-refractivity contribution in [3.05, 3.63) is 75.7 Å². The smallest absolute Gasteiger partial charge is 0.279 e. The van der Waals surface area contributed by atoms with E-state index in [2.05, 4.69) is 10.4 Å². The van der Waals surface area contributed by atoms with E-state index in [-0.39, 0.29) is 5.69 Å². The molecule has 2 aromatic carbocycles. The summed E-state index contributed by atoms with van der Waals surface area (Å²) >= 11 is 5.81. The number of nitrogens with zero attached hydrogens (tertiary/aromatic N) is 2. The van der Waals surface area contributed by atoms with E-state index in [0.717, 1.165) is 10.7 Å². The van der Waals surface area contributed by atoms with Gasteiger partial charge >= 0.3 is 0 Å². The molecule has 0 spiro atoms. The molecule has 26 heavy (non-hydrogen) atoms. The fourth-order valence-corrected chi connectivity index (χ4v) is 2.44. The number of carbonyl (C=O) groups excluding carboxylic acids is 1. The van der Waals surface area contributed by atoms with Crippen molar-refractivity contribution in [3.8, 4) is 17.2 Å². The van der Waals surface area contributed by atoms with Gasteiger partial charge in [0.05, 0.1) is 7.11 Å². The summed E-state index contributed by atoms with van der Waals surface area (Å²) in [6.07, 6.45) is 0. The number of benzene rings is 2. The van der Waals surface area contributed by atoms with Crippen LogP contribution >= 0.6 is 11.6 Å². The molecule has 0 fully saturated rings. The number of hydrogen-bond donors (Lipinski definition) is 2. The third-order valence-corrected chi connectivity index (χ3v) is 3.79. The number of amides is 1. The topological polar surface area (TPSA) is 93.5 Å². The summed E-state index contributed by atoms with van der Waals surface area (Å²) in [6.45, 7) is 0. The first-order valence-corrected chi connectivity index (χ1v) is 7.91. The fraction of sp³-hybridized carbons (Fsp3) is 0.0556. The second-order valence-corrected chi connectivity index (χ2v) is 5.70. The van der Waals surface area contributed by atoms with E-state index < -0.39 is 17.2 Å². The number of halogens is 1. The molecule has 0 radical (unpaired) electrons. The molecule has 0 bridgehead atoms. The molecular weight excluding hydrogens is 358 g/mol. The van der Waals surface area contributed by atoms with Gasteiger partial charge in [0, 0.05) is 16.8 Å². The zero-order chi connectivity index (χ0) is 18.7. The number of aromatic nitrogens is 2. The second-order valence-electron chi connectivity index (χ2n) is 5.26. The van der Waals surface area contributed by atoms with Crippen LogP contribution < -0.4 is 15.6 Å². The average Bonchev–Trinajstić information content (AvgIpc) is 2.63. The second kappa shape index (κ2) is 7.28. The highest BCUT2D eigenvalue weighted by molar-refractivity contribution is 6.30. The minimum absolute atomic E-state index is 0.301. The van der Waals surface area contributed by atoms with E-state index in [1.807, 2.05) is 0 Å². The Kier molecular flexibility index (Phi) is 4.90. The van der Waals surface area contributed by atoms with E-state index in [1.165, 1.54) is 7.11 Å². The van der Waals surface area contributed by atoms with Gasteiger partial charge in [-0.2, -0.15) is 9.78 Å². The number of methoxy groups -OCH3 is 1. The van der Waals surface area contributed by atoms with E-state index in [4.69, 9.17) is 16.3 Å². The van der Waals surface area contributed by atoms with Crippen LogP contribution in [0.3, 0.4) is 0 Å². The van der Waals surface area contributed by atoms with E-state index in [9.17, 15) is 14.7 Å². The summed E-state index contributed by atoms with van der Waals surface area (Å²) in [5, 5.41) is 17.1. The number of rotatable bonds is 4. The maximum atomic E-state index is 12.5. The Bertz CT molecular complexity index is 1020. The number of ether oxygens (including phenoxy) is 1. The van der Waals surface area contributed by atoms with Crippen molar-refractivity contribution in [3.63, 3.8) is 0 Å². The van der Waals surface area contributed by atoms with Crippen molar-refractivity contribution in [2.24, 2.45) is 0 Å². The number of nitrogens with one attached hydrogen (secondary N) is 1. The molecule has 0 saturated carbocycles. The highest BCUT2D eigenvalue weighted by atomic mass is 35.5. The molecule has 0 unspecified atom stereocenters. The first-order valence-electron chi connectivity index (χ1n) is 7.53. The molecule has 1 amide bonds. The van der Waals surface area contributed by atoms with Crippen molar-refractivity contribution in [1.82, 2.24) is 9.78 Å². The Morgan fingerprint density at radius 1 is 1.19 bits per heavy atom. The van der Waals surface area contributed by atoms with Crippen LogP contribution in [0.2, 0.25) is 5.02 Å². The Labute approximate surface area is 153 Å². The maximum absolute atomic E-state index is 12.5. The van der Waals surface area contributed by atoms with Crippen molar-refractivity contribution in [2.75, 3.05) is 12.4 Å². The van der Waals surface area contributed by atoms with Gasteiger partial charge < -0.3 is 15.2 Å². The van der Waals surface area contributed by atoms with Crippen molar-refractivity contribution in [1.29, 1.82) is 0 Å². The van der Waals surface area contributed by atoms with Crippen LogP contribution in [0.15, 0.2) is 59.4 Å². The average molecular weight is 372 g/mol. The summed E-state index contributed by atoms with van der Waals surface area (Å²) < 4.78 is 6.21. The van der Waals surface area contributed by atoms with Crippen LogP contribution in [-0.4, -0.2) is 27.9 Å². The third kappa shape index (κ3) is 3.52. The molecule has 0 aliphatic heterocycles. The lowest BCUT2D eigenvalue weighted by atomic mass is 10.2. The predicted octanol–water partition coefficient (Wildman–Crippen LogP) is 2.85. The number of hydrogen-bond acceptors (Lipinski definition) is 5. The van der Waals surface area contributed by atoms with E-state index in [1.54, 1.807) is 48.5 Å². The van der Waals surface area contributed by atoms with Crippen LogP contribution in [0.25, 0.3) is 5.69 Å². The Morgan fingerprint density at radius 3 is 2.58 bits per heavy atom. The first kappa shape index (κ1) is 17.5. The highest BCUT2D eigenvalue weighted by Gasteiger charge is 2.18. The molecule has 3 aromatic rings. The molecule has 132 valence electrons. The zero-order valence-electron chi connectivity index (χ0n) is 13.6. The fourth-order valence-electron chi connectivity index (χ4n) is 2.31. The molecule has 8 heteroatoms. The molecule has 1 aromatic heterocycles. The summed E-state index contributed by atoms with van der Waals surface area (Å²) in [4.78, 5) is 24.7. The summed E-state index contributed by atoms with van der Waals surface area (Å²) in [5.74, 6) is -0.794. The lowest BCUT2D eigenvalue weighted by molar-refractivity contribution is 0.101. The SMILES string of the molecule is COc1ccccc1-n1nc(C(=O)Nc2ccc(Cl)cc2)c(O)cc1=O. The lowest BCUT2D eigenvalue weighted by Gasteiger charge is -2.12. The number of aromatic hydroxyl groups is 1. The predicted molar refractivity (Wildman–Crippen MR) is 97.5 cm³/mol. The van der Waals surface area contributed by atoms with Crippen LogP contribution in [0.4, 0.5) is 5.69 Å². The summed E-state index contributed by atoms with van der Waals surface area (Å²) in [5.41, 5.74) is -0.0864. The Balaban J connectivity index is 2.01. The number of para-hydroxylation sites is 2. The van der Waals surface area contributed by atoms with Gasteiger partial charge in [0.15, 0.2) is 11.4 Å². The first-order chi connectivity index (χ1) is 12.5. The standard InChI is InChI=1S/C18H14ClN3O4/c1-26-15-5-3-2-4-13(15)22-16(24)10-14(23)17(21-22)18(25)20-12-8-6-11(19)7-9-12/h2-10,23H,1H3,(H,20,25). The van der Waals surface area contributed by atoms with Gasteiger partial charge in [0.2, 0.25) is 0 Å². The van der Waals surface area contributed by atoms with Crippen LogP contribution in [-0.2, 0) is 0 Å². The normalized spacial score (nSPS) is 10.4. The molecule has 1 heterocycles. The number of carbonyl (C=O) groups is 1. The molecule has 7 nitrogen and oxygen atoms in total. The van der Waals surface area contributed by atoms with Gasteiger partial charge in [-0.3, -0.25) is 9.59 Å². The van der Waals surface area contributed by atoms with Gasteiger partial charge in [-0.05, 0) is 36.4 Å². The minimum atomic E-state index is -0.673. The largest absolute Gasteiger partial charge is 0.505 e. The monoisotopic (exact) mass is 371 g/mol. The van der Waals surface area contributed by atoms with Crippen molar-refractivity contribution < 1.29 is 14.6 Å². The molecule has 0 aliphatic carbocycles. The minimum Gasteiger partial charge on any atom is -0.505 e. The van der Waals surface area contributed by atoms with Crippen LogP contribution in [0.5, 0.6) is 11.5 Å². The molecule has 2 N–H and O–H groups in total. The van der Waals surface area contributed by atoms with Gasteiger partial charge in [0.25, 0.3) is 11.5 Å². The molecule has 3 rings (SSSR count). The highest BCUT2D eigenvalue weighted by Crippen LogP contribution is 2.22. The quantitative estimate of drug-likeness (QED) is 0.735. The Hall–Kier alpha value is -3.32. The molecule has 0 saturated heterocycles. The van der Waals surface area contributed by atoms with E-state index >= 15 is 0 Å². The summed E-state index contributed by atoms with van der Waals surface area (Å²) in [6, 6.07) is 14.1. The lowest BCUT2D eigenvalue weighted by Crippen LogP contribution is -2.25. The molecule has 0 atom stereocenters. The third-order valence-electron chi connectivity index (χ3n) is 3.54. The van der Waals surface area contributed by atoms with Crippen molar-refractivity contribution in [2.45, 2.75) is 0 Å². The van der Waals surface area contributed by atoms with Crippen molar-refractivity contribution >= 4 is 23.2 Å². The summed E-state index contributed by atoms with van der Waals surface area (Å²) in [7, 11) is 1.46. The molecule has 0 aliphatic rings. The molecular formula is C18H14ClN3O4. The van der Waals surface area contributed by atoms with Gasteiger partial charge in [0.1, 0.15) is 11.4 Å².